The van der Waals surface area contributed by atoms with E-state index in [9.17, 15) is 0 Å². The Balaban J connectivity index is 2.16. The van der Waals surface area contributed by atoms with Crippen molar-refractivity contribution < 1.29 is 0 Å². The average molecular weight is 182 g/mol. The summed E-state index contributed by atoms with van der Waals surface area (Å²) < 4.78 is 0. The number of fused-ring (bicyclic) bond motifs is 1. The molecule has 1 aliphatic heterocycles. The van der Waals surface area contributed by atoms with Crippen LogP contribution < -0.4 is 5.73 Å². The Kier molecular flexibility index (Phi) is 1.81. The van der Waals surface area contributed by atoms with Crippen molar-refractivity contribution >= 4 is 0 Å². The molecule has 1 saturated carbocycles. The van der Waals surface area contributed by atoms with E-state index in [0.717, 1.165) is 18.6 Å². The number of rotatable bonds is 1. The second-order valence-electron chi connectivity index (χ2n) is 5.92. The van der Waals surface area contributed by atoms with E-state index in [4.69, 9.17) is 5.73 Å². The Morgan fingerprint density at radius 1 is 1.38 bits per heavy atom. The quantitative estimate of drug-likeness (QED) is 0.667. The average Bonchev–Trinajstić information content (AvgIpc) is 2.55. The molecule has 2 heteroatoms. The van der Waals surface area contributed by atoms with Crippen LogP contribution in [0.2, 0.25) is 0 Å². The minimum atomic E-state index is 0.317. The second kappa shape index (κ2) is 2.48. The van der Waals surface area contributed by atoms with Crippen molar-refractivity contribution in [3.05, 3.63) is 0 Å². The van der Waals surface area contributed by atoms with E-state index >= 15 is 0 Å². The summed E-state index contributed by atoms with van der Waals surface area (Å²) in [7, 11) is 0. The number of hydrogen-bond acceptors (Lipinski definition) is 2. The largest absolute Gasteiger partial charge is 0.330 e. The van der Waals surface area contributed by atoms with Crippen LogP contribution in [-0.4, -0.2) is 29.1 Å². The van der Waals surface area contributed by atoms with Gasteiger partial charge in [0, 0.05) is 23.0 Å². The molecule has 0 aromatic rings. The monoisotopic (exact) mass is 182 g/mol. The molecule has 1 saturated heterocycles. The molecule has 0 spiro atoms. The Labute approximate surface area is 81.5 Å². The van der Waals surface area contributed by atoms with Crippen LogP contribution in [0, 0.1) is 5.41 Å². The van der Waals surface area contributed by atoms with E-state index in [2.05, 4.69) is 32.6 Å². The van der Waals surface area contributed by atoms with Gasteiger partial charge in [-0.25, -0.2) is 0 Å². The first-order valence-electron chi connectivity index (χ1n) is 5.39. The topological polar surface area (TPSA) is 29.3 Å². The summed E-state index contributed by atoms with van der Waals surface area (Å²) in [5.74, 6) is 0. The SMILES string of the molecule is C[C@@H]1C[C@@]2(CN)CC2N1C(C)(C)C. The molecular weight excluding hydrogens is 160 g/mol. The Morgan fingerprint density at radius 2 is 2.00 bits per heavy atom. The number of piperidine rings is 1. The first-order chi connectivity index (χ1) is 5.91. The fraction of sp³-hybridized carbons (Fsp3) is 1.00. The normalized spacial score (nSPS) is 45.0. The van der Waals surface area contributed by atoms with E-state index in [1.54, 1.807) is 0 Å². The highest BCUT2D eigenvalue weighted by atomic mass is 15.3. The summed E-state index contributed by atoms with van der Waals surface area (Å²) in [6, 6.07) is 1.51. The Hall–Kier alpha value is -0.0800. The van der Waals surface area contributed by atoms with Gasteiger partial charge >= 0.3 is 0 Å². The molecule has 1 heterocycles. The first kappa shape index (κ1) is 9.47. The van der Waals surface area contributed by atoms with Gasteiger partial charge in [-0.2, -0.15) is 0 Å². The van der Waals surface area contributed by atoms with Crippen LogP contribution in [0.15, 0.2) is 0 Å². The molecule has 0 radical (unpaired) electrons. The predicted octanol–water partition coefficient (Wildman–Crippen LogP) is 1.60. The Morgan fingerprint density at radius 3 is 2.31 bits per heavy atom. The van der Waals surface area contributed by atoms with Gasteiger partial charge in [0.1, 0.15) is 0 Å². The van der Waals surface area contributed by atoms with Gasteiger partial charge < -0.3 is 5.73 Å². The first-order valence-corrected chi connectivity index (χ1v) is 5.39. The summed E-state index contributed by atoms with van der Waals surface area (Å²) in [5.41, 5.74) is 6.67. The molecule has 2 aliphatic rings. The van der Waals surface area contributed by atoms with Gasteiger partial charge in [0.2, 0.25) is 0 Å². The molecule has 13 heavy (non-hydrogen) atoms. The minimum Gasteiger partial charge on any atom is -0.330 e. The summed E-state index contributed by atoms with van der Waals surface area (Å²) in [4.78, 5) is 2.67. The van der Waals surface area contributed by atoms with Crippen LogP contribution in [0.25, 0.3) is 0 Å². The van der Waals surface area contributed by atoms with E-state index in [1.165, 1.54) is 12.8 Å². The molecule has 2 rings (SSSR count). The summed E-state index contributed by atoms with van der Waals surface area (Å²) >= 11 is 0. The number of nitrogens with two attached hydrogens (primary N) is 1. The van der Waals surface area contributed by atoms with Crippen molar-refractivity contribution in [2.24, 2.45) is 11.1 Å². The molecule has 3 atom stereocenters. The minimum absolute atomic E-state index is 0.317. The predicted molar refractivity (Wildman–Crippen MR) is 55.6 cm³/mol. The molecule has 0 aromatic carbocycles. The van der Waals surface area contributed by atoms with Crippen molar-refractivity contribution in [1.29, 1.82) is 0 Å². The smallest absolute Gasteiger partial charge is 0.0179 e. The van der Waals surface area contributed by atoms with Crippen LogP contribution in [0.4, 0.5) is 0 Å². The molecule has 1 unspecified atom stereocenters. The lowest BCUT2D eigenvalue weighted by Crippen LogP contribution is -2.45. The lowest BCUT2D eigenvalue weighted by Gasteiger charge is -2.37. The zero-order valence-electron chi connectivity index (χ0n) is 9.30. The van der Waals surface area contributed by atoms with Crippen LogP contribution >= 0.6 is 0 Å². The number of nitrogens with zero attached hydrogens (tertiary/aromatic N) is 1. The third-order valence-electron chi connectivity index (χ3n) is 3.84. The zero-order chi connectivity index (χ0) is 9.85. The molecule has 1 aliphatic carbocycles. The number of hydrogen-bond donors (Lipinski definition) is 1. The zero-order valence-corrected chi connectivity index (χ0v) is 9.30. The fourth-order valence-electron chi connectivity index (χ4n) is 3.36. The van der Waals surface area contributed by atoms with E-state index < -0.39 is 0 Å². The second-order valence-corrected chi connectivity index (χ2v) is 5.92. The highest BCUT2D eigenvalue weighted by Gasteiger charge is 2.64. The van der Waals surface area contributed by atoms with Gasteiger partial charge in [-0.3, -0.25) is 4.90 Å². The maximum Gasteiger partial charge on any atom is 0.0179 e. The third-order valence-corrected chi connectivity index (χ3v) is 3.84. The van der Waals surface area contributed by atoms with E-state index in [-0.39, 0.29) is 0 Å². The van der Waals surface area contributed by atoms with Crippen LogP contribution in [0.5, 0.6) is 0 Å². The van der Waals surface area contributed by atoms with E-state index in [0.29, 0.717) is 11.0 Å². The molecule has 2 nitrogen and oxygen atoms in total. The lowest BCUT2D eigenvalue weighted by atomic mass is 10.00. The third kappa shape index (κ3) is 1.23. The van der Waals surface area contributed by atoms with Gasteiger partial charge in [-0.1, -0.05) is 0 Å². The van der Waals surface area contributed by atoms with Crippen LogP contribution in [0.1, 0.15) is 40.5 Å². The standard InChI is InChI=1S/C11H22N2/c1-8-5-11(7-12)6-9(11)13(8)10(2,3)4/h8-9H,5-7,12H2,1-4H3/t8-,9?,11+/m1/s1. The van der Waals surface area contributed by atoms with Crippen molar-refractivity contribution in [2.45, 2.75) is 58.2 Å². The molecular formula is C11H22N2. The number of likely N-dealkylation sites (tertiary alicyclic amines) is 1. The highest BCUT2D eigenvalue weighted by molar-refractivity contribution is 5.18. The van der Waals surface area contributed by atoms with Crippen molar-refractivity contribution in [3.8, 4) is 0 Å². The molecule has 0 aromatic heterocycles. The summed E-state index contributed by atoms with van der Waals surface area (Å²) in [5, 5.41) is 0. The van der Waals surface area contributed by atoms with Gasteiger partial charge in [-0.15, -0.1) is 0 Å². The van der Waals surface area contributed by atoms with Gasteiger partial charge in [0.15, 0.2) is 0 Å². The van der Waals surface area contributed by atoms with Crippen molar-refractivity contribution in [1.82, 2.24) is 4.90 Å². The van der Waals surface area contributed by atoms with Crippen molar-refractivity contribution in [2.75, 3.05) is 6.54 Å². The van der Waals surface area contributed by atoms with Crippen molar-refractivity contribution in [3.63, 3.8) is 0 Å². The summed E-state index contributed by atoms with van der Waals surface area (Å²) in [6.45, 7) is 10.2. The highest BCUT2D eigenvalue weighted by Crippen LogP contribution is 2.60. The molecule has 2 N–H and O–H groups in total. The maximum absolute atomic E-state index is 5.85. The van der Waals surface area contributed by atoms with Crippen LogP contribution in [-0.2, 0) is 0 Å². The summed E-state index contributed by atoms with van der Waals surface area (Å²) in [6.07, 6.45) is 2.65. The fourth-order valence-corrected chi connectivity index (χ4v) is 3.36. The lowest BCUT2D eigenvalue weighted by molar-refractivity contribution is 0.104. The molecule has 0 amide bonds. The van der Waals surface area contributed by atoms with Crippen LogP contribution in [0.3, 0.4) is 0 Å². The maximum atomic E-state index is 5.85. The van der Waals surface area contributed by atoms with Gasteiger partial charge in [0.25, 0.3) is 0 Å². The Bertz CT molecular complexity index is 219. The molecule has 2 fully saturated rings. The van der Waals surface area contributed by atoms with Gasteiger partial charge in [0.05, 0.1) is 0 Å². The van der Waals surface area contributed by atoms with E-state index in [1.807, 2.05) is 0 Å². The van der Waals surface area contributed by atoms with Gasteiger partial charge in [-0.05, 0) is 47.1 Å². The molecule has 76 valence electrons. The molecule has 0 bridgehead atoms.